The molecule has 0 spiro atoms. The summed E-state index contributed by atoms with van der Waals surface area (Å²) in [5, 5.41) is 2.42. The highest BCUT2D eigenvalue weighted by Gasteiger charge is 2.18. The lowest BCUT2D eigenvalue weighted by atomic mass is 9.97. The summed E-state index contributed by atoms with van der Waals surface area (Å²) in [5.74, 6) is 0.765. The second-order valence-corrected chi connectivity index (χ2v) is 8.87. The summed E-state index contributed by atoms with van der Waals surface area (Å²) < 4.78 is 0. The fraction of sp³-hybridized carbons (Fsp3) is 0. The zero-order chi connectivity index (χ0) is 22.0. The van der Waals surface area contributed by atoms with Crippen LogP contribution in [0.15, 0.2) is 121 Å². The van der Waals surface area contributed by atoms with Gasteiger partial charge in [-0.05, 0) is 17.2 Å². The second kappa shape index (κ2) is 8.45. The van der Waals surface area contributed by atoms with E-state index in [9.17, 15) is 0 Å². The molecule has 0 aliphatic carbocycles. The van der Waals surface area contributed by atoms with Crippen molar-refractivity contribution in [2.75, 3.05) is 0 Å². The molecule has 0 saturated carbocycles. The summed E-state index contributed by atoms with van der Waals surface area (Å²) in [4.78, 5) is 12.0. The van der Waals surface area contributed by atoms with E-state index in [1.807, 2.05) is 30.5 Å². The molecule has 0 radical (unpaired) electrons. The van der Waals surface area contributed by atoms with Gasteiger partial charge in [-0.2, -0.15) is 0 Å². The summed E-state index contributed by atoms with van der Waals surface area (Å²) in [6.45, 7) is 0. The molecule has 0 bridgehead atoms. The van der Waals surface area contributed by atoms with Gasteiger partial charge in [-0.15, -0.1) is 11.3 Å². The van der Waals surface area contributed by atoms with Crippen LogP contribution in [0.25, 0.3) is 54.3 Å². The van der Waals surface area contributed by atoms with E-state index in [0.29, 0.717) is 0 Å². The lowest BCUT2D eigenvalue weighted by Gasteiger charge is -2.09. The standard InChI is InChI=1S/C30H20N2S/c1-3-11-21(12-4-1)23-15-7-8-16-24(23)28-25-17-9-10-18-26(25)29(33-28)30-31-20-19-27(32-30)22-13-5-2-6-14-22/h1-20H. The Kier molecular flexibility index (Phi) is 5.02. The van der Waals surface area contributed by atoms with Crippen LogP contribution in [0.2, 0.25) is 0 Å². The highest BCUT2D eigenvalue weighted by atomic mass is 32.1. The third-order valence-corrected chi connectivity index (χ3v) is 7.06. The van der Waals surface area contributed by atoms with Gasteiger partial charge in [-0.1, -0.05) is 109 Å². The Balaban J connectivity index is 1.55. The van der Waals surface area contributed by atoms with E-state index < -0.39 is 0 Å². The molecule has 2 heterocycles. The number of nitrogens with zero attached hydrogens (tertiary/aromatic N) is 2. The third kappa shape index (κ3) is 3.63. The molecule has 0 atom stereocenters. The fourth-order valence-electron chi connectivity index (χ4n) is 4.25. The first-order valence-electron chi connectivity index (χ1n) is 10.9. The van der Waals surface area contributed by atoms with Crippen molar-refractivity contribution in [1.29, 1.82) is 0 Å². The number of aromatic nitrogens is 2. The van der Waals surface area contributed by atoms with Crippen molar-refractivity contribution in [2.45, 2.75) is 0 Å². The zero-order valence-electron chi connectivity index (χ0n) is 17.8. The molecule has 0 aliphatic heterocycles. The maximum Gasteiger partial charge on any atom is 0.170 e. The van der Waals surface area contributed by atoms with Gasteiger partial charge >= 0.3 is 0 Å². The van der Waals surface area contributed by atoms with Crippen LogP contribution < -0.4 is 0 Å². The first-order valence-corrected chi connectivity index (χ1v) is 11.8. The molecule has 0 saturated heterocycles. The molecule has 0 unspecified atom stereocenters. The van der Waals surface area contributed by atoms with Crippen LogP contribution in [0.3, 0.4) is 0 Å². The maximum absolute atomic E-state index is 4.95. The zero-order valence-corrected chi connectivity index (χ0v) is 18.7. The van der Waals surface area contributed by atoms with E-state index in [4.69, 9.17) is 4.98 Å². The molecule has 0 fully saturated rings. The first kappa shape index (κ1) is 19.6. The van der Waals surface area contributed by atoms with Gasteiger partial charge < -0.3 is 0 Å². The van der Waals surface area contributed by atoms with Gasteiger partial charge in [0.2, 0.25) is 0 Å². The van der Waals surface area contributed by atoms with Crippen LogP contribution in [0, 0.1) is 0 Å². The average Bonchev–Trinajstić information content (AvgIpc) is 3.29. The van der Waals surface area contributed by atoms with Crippen molar-refractivity contribution in [1.82, 2.24) is 9.97 Å². The Hall–Kier alpha value is -4.08. The Morgan fingerprint density at radius 2 is 1.06 bits per heavy atom. The summed E-state index contributed by atoms with van der Waals surface area (Å²) in [5.41, 5.74) is 5.71. The van der Waals surface area contributed by atoms with Crippen LogP contribution in [0.4, 0.5) is 0 Å². The van der Waals surface area contributed by atoms with E-state index >= 15 is 0 Å². The predicted octanol–water partition coefficient (Wildman–Crippen LogP) is 8.36. The normalized spacial score (nSPS) is 11.0. The minimum atomic E-state index is 0.765. The van der Waals surface area contributed by atoms with Crippen molar-refractivity contribution in [3.63, 3.8) is 0 Å². The lowest BCUT2D eigenvalue weighted by Crippen LogP contribution is -1.90. The molecule has 0 N–H and O–H groups in total. The summed E-state index contributed by atoms with van der Waals surface area (Å²) in [6.07, 6.45) is 1.86. The number of benzene rings is 4. The molecular formula is C30H20N2S. The molecular weight excluding hydrogens is 420 g/mol. The third-order valence-electron chi connectivity index (χ3n) is 5.81. The minimum absolute atomic E-state index is 0.765. The van der Waals surface area contributed by atoms with E-state index in [-0.39, 0.29) is 0 Å². The van der Waals surface area contributed by atoms with Crippen LogP contribution in [-0.4, -0.2) is 9.97 Å². The largest absolute Gasteiger partial charge is 0.236 e. The smallest absolute Gasteiger partial charge is 0.170 e. The van der Waals surface area contributed by atoms with Crippen molar-refractivity contribution >= 4 is 22.1 Å². The van der Waals surface area contributed by atoms with Crippen molar-refractivity contribution in [2.24, 2.45) is 0 Å². The highest BCUT2D eigenvalue weighted by Crippen LogP contribution is 2.45. The van der Waals surface area contributed by atoms with Gasteiger partial charge in [0.05, 0.1) is 10.6 Å². The van der Waals surface area contributed by atoms with Gasteiger partial charge in [-0.3, -0.25) is 0 Å². The lowest BCUT2D eigenvalue weighted by molar-refractivity contribution is 1.19. The van der Waals surface area contributed by atoms with Crippen LogP contribution in [-0.2, 0) is 0 Å². The SMILES string of the molecule is c1ccc(-c2ccnc(-c3sc(-c4ccccc4-c4ccccc4)c4ccccc34)n2)cc1. The number of hydrogen-bond acceptors (Lipinski definition) is 3. The quantitative estimate of drug-likeness (QED) is 0.275. The number of thiophene rings is 1. The highest BCUT2D eigenvalue weighted by molar-refractivity contribution is 7.21. The number of fused-ring (bicyclic) bond motifs is 1. The van der Waals surface area contributed by atoms with E-state index in [1.54, 1.807) is 11.3 Å². The van der Waals surface area contributed by atoms with Gasteiger partial charge in [0.15, 0.2) is 5.82 Å². The topological polar surface area (TPSA) is 25.8 Å². The van der Waals surface area contributed by atoms with Gasteiger partial charge in [0.1, 0.15) is 0 Å². The summed E-state index contributed by atoms with van der Waals surface area (Å²) in [6, 6.07) is 40.0. The summed E-state index contributed by atoms with van der Waals surface area (Å²) >= 11 is 1.77. The number of hydrogen-bond donors (Lipinski definition) is 0. The van der Waals surface area contributed by atoms with Crippen molar-refractivity contribution in [3.05, 3.63) is 121 Å². The molecule has 4 aromatic carbocycles. The van der Waals surface area contributed by atoms with Crippen LogP contribution >= 0.6 is 11.3 Å². The molecule has 156 valence electrons. The molecule has 0 amide bonds. The molecule has 33 heavy (non-hydrogen) atoms. The van der Waals surface area contributed by atoms with E-state index in [0.717, 1.165) is 22.0 Å². The second-order valence-electron chi connectivity index (χ2n) is 7.85. The van der Waals surface area contributed by atoms with Gasteiger partial charge in [0.25, 0.3) is 0 Å². The maximum atomic E-state index is 4.95. The molecule has 2 aromatic heterocycles. The van der Waals surface area contributed by atoms with Gasteiger partial charge in [0, 0.05) is 33.0 Å². The molecule has 6 aromatic rings. The fourth-order valence-corrected chi connectivity index (χ4v) is 5.50. The number of rotatable bonds is 4. The monoisotopic (exact) mass is 440 g/mol. The Morgan fingerprint density at radius 1 is 0.485 bits per heavy atom. The molecule has 2 nitrogen and oxygen atoms in total. The Bertz CT molecular complexity index is 1550. The molecule has 6 rings (SSSR count). The van der Waals surface area contributed by atoms with E-state index in [2.05, 4.69) is 96.0 Å². The van der Waals surface area contributed by atoms with Crippen molar-refractivity contribution in [3.8, 4) is 43.5 Å². The van der Waals surface area contributed by atoms with E-state index in [1.165, 1.54) is 32.3 Å². The average molecular weight is 441 g/mol. The summed E-state index contributed by atoms with van der Waals surface area (Å²) in [7, 11) is 0. The molecule has 3 heteroatoms. The molecule has 0 aliphatic rings. The Morgan fingerprint density at radius 3 is 1.79 bits per heavy atom. The predicted molar refractivity (Wildman–Crippen MR) is 139 cm³/mol. The van der Waals surface area contributed by atoms with Crippen molar-refractivity contribution < 1.29 is 0 Å². The van der Waals surface area contributed by atoms with Crippen LogP contribution in [0.1, 0.15) is 0 Å². The Labute approximate surface area is 196 Å². The van der Waals surface area contributed by atoms with Gasteiger partial charge in [-0.25, -0.2) is 9.97 Å². The van der Waals surface area contributed by atoms with Crippen LogP contribution in [0.5, 0.6) is 0 Å². The first-order chi connectivity index (χ1) is 16.4. The minimum Gasteiger partial charge on any atom is -0.236 e.